The fourth-order valence-corrected chi connectivity index (χ4v) is 1.99. The molecule has 0 saturated heterocycles. The molecule has 0 aromatic heterocycles. The van der Waals surface area contributed by atoms with E-state index in [1.807, 2.05) is 0 Å². The molecule has 2 rings (SSSR count). The first-order valence-electron chi connectivity index (χ1n) is 7.59. The monoisotopic (exact) mass is 310 g/mol. The van der Waals surface area contributed by atoms with Gasteiger partial charge in [0, 0.05) is 0 Å². The molecule has 1 aromatic carbocycles. The average Bonchev–Trinajstić information content (AvgIpc) is 3.29. The third-order valence-electron chi connectivity index (χ3n) is 3.63. The van der Waals surface area contributed by atoms with Crippen LogP contribution in [0.2, 0.25) is 0 Å². The molecule has 1 aromatic rings. The Hall–Kier alpha value is -1.82. The van der Waals surface area contributed by atoms with E-state index >= 15 is 0 Å². The molecule has 2 amide bonds. The Balaban J connectivity index is 1.90. The summed E-state index contributed by atoms with van der Waals surface area (Å²) in [5.41, 5.74) is 0.656. The zero-order valence-corrected chi connectivity index (χ0v) is 12.9. The summed E-state index contributed by atoms with van der Waals surface area (Å²) in [6.45, 7) is 3.88. The van der Waals surface area contributed by atoms with Gasteiger partial charge in [-0.1, -0.05) is 6.07 Å². The topological polar surface area (TPSA) is 70.6 Å². The van der Waals surface area contributed by atoms with Crippen molar-refractivity contribution in [2.24, 2.45) is 5.92 Å². The lowest BCUT2D eigenvalue weighted by Gasteiger charge is -2.18. The minimum Gasteiger partial charge on any atom is -0.490 e. The van der Waals surface area contributed by atoms with E-state index < -0.39 is 11.8 Å². The molecule has 0 aliphatic heterocycles. The second-order valence-corrected chi connectivity index (χ2v) is 5.87. The van der Waals surface area contributed by atoms with E-state index in [1.165, 1.54) is 6.07 Å². The molecule has 22 heavy (non-hydrogen) atoms. The molecule has 1 aliphatic rings. The van der Waals surface area contributed by atoms with Gasteiger partial charge >= 0.3 is 6.03 Å². The number of carbonyl (C=O) groups is 1. The van der Waals surface area contributed by atoms with Crippen LogP contribution in [0.25, 0.3) is 0 Å². The van der Waals surface area contributed by atoms with Gasteiger partial charge in [-0.3, -0.25) is 0 Å². The van der Waals surface area contributed by atoms with E-state index in [0.717, 1.165) is 12.8 Å². The molecular weight excluding hydrogens is 287 g/mol. The van der Waals surface area contributed by atoms with Gasteiger partial charge in [-0.05, 0) is 50.3 Å². The Morgan fingerprint density at radius 1 is 1.41 bits per heavy atom. The molecule has 3 N–H and O–H groups in total. The number of halogens is 1. The molecule has 2 atom stereocenters. The van der Waals surface area contributed by atoms with Gasteiger partial charge in [0.1, 0.15) is 0 Å². The Labute approximate surface area is 129 Å². The van der Waals surface area contributed by atoms with Gasteiger partial charge in [0.05, 0.1) is 25.3 Å². The first-order chi connectivity index (χ1) is 10.5. The van der Waals surface area contributed by atoms with Gasteiger partial charge in [0.15, 0.2) is 11.6 Å². The van der Waals surface area contributed by atoms with Crippen molar-refractivity contribution >= 4 is 6.03 Å². The summed E-state index contributed by atoms with van der Waals surface area (Å²) in [5.74, 6) is 0.397. The zero-order valence-electron chi connectivity index (χ0n) is 12.9. The second kappa shape index (κ2) is 7.45. The fraction of sp³-hybridized carbons (Fsp3) is 0.562. The summed E-state index contributed by atoms with van der Waals surface area (Å²) < 4.78 is 19.4. The van der Waals surface area contributed by atoms with E-state index in [4.69, 9.17) is 9.84 Å². The second-order valence-electron chi connectivity index (χ2n) is 5.87. The minimum atomic E-state index is -0.420. The van der Waals surface area contributed by atoms with Gasteiger partial charge in [0.2, 0.25) is 0 Å². The molecule has 0 radical (unpaired) electrons. The molecule has 0 spiro atoms. The maximum atomic E-state index is 14.0. The Kier molecular flexibility index (Phi) is 5.60. The number of benzene rings is 1. The van der Waals surface area contributed by atoms with Crippen LogP contribution in [0.1, 0.15) is 38.3 Å². The van der Waals surface area contributed by atoms with Gasteiger partial charge in [-0.25, -0.2) is 9.18 Å². The van der Waals surface area contributed by atoms with Crippen LogP contribution in [0.5, 0.6) is 5.75 Å². The summed E-state index contributed by atoms with van der Waals surface area (Å²) in [5, 5.41) is 14.2. The summed E-state index contributed by atoms with van der Waals surface area (Å²) in [6.07, 6.45) is 2.31. The molecular formula is C16H23FN2O3. The number of hydrogen-bond donors (Lipinski definition) is 3. The van der Waals surface area contributed by atoms with Crippen molar-refractivity contribution < 1.29 is 19.0 Å². The van der Waals surface area contributed by atoms with E-state index in [0.29, 0.717) is 18.1 Å². The van der Waals surface area contributed by atoms with Crippen LogP contribution in [0.4, 0.5) is 9.18 Å². The van der Waals surface area contributed by atoms with E-state index in [9.17, 15) is 9.18 Å². The number of urea groups is 1. The highest BCUT2D eigenvalue weighted by atomic mass is 19.1. The van der Waals surface area contributed by atoms with Gasteiger partial charge in [-0.2, -0.15) is 0 Å². The van der Waals surface area contributed by atoms with E-state index in [2.05, 4.69) is 10.6 Å². The molecule has 6 heteroatoms. The van der Waals surface area contributed by atoms with E-state index in [1.54, 1.807) is 26.0 Å². The minimum absolute atomic E-state index is 0.135. The SMILES string of the molecule is C[C@H](CO)NC(=O)N[C@@H](C)c1ccc(OCC2CC2)c(F)c1. The van der Waals surface area contributed by atoms with Gasteiger partial charge < -0.3 is 20.5 Å². The number of aliphatic hydroxyl groups is 1. The average molecular weight is 310 g/mol. The van der Waals surface area contributed by atoms with Crippen molar-refractivity contribution in [1.29, 1.82) is 0 Å². The third kappa shape index (κ3) is 4.87. The normalized spacial score (nSPS) is 16.7. The maximum Gasteiger partial charge on any atom is 0.315 e. The predicted octanol–water partition coefficient (Wildman–Crippen LogP) is 2.36. The smallest absolute Gasteiger partial charge is 0.315 e. The maximum absolute atomic E-state index is 14.0. The first-order valence-corrected chi connectivity index (χ1v) is 7.59. The highest BCUT2D eigenvalue weighted by molar-refractivity contribution is 5.74. The highest BCUT2D eigenvalue weighted by Gasteiger charge is 2.22. The Morgan fingerprint density at radius 2 is 2.14 bits per heavy atom. The van der Waals surface area contributed by atoms with Gasteiger partial charge in [0.25, 0.3) is 0 Å². The summed E-state index contributed by atoms with van der Waals surface area (Å²) in [4.78, 5) is 11.7. The molecule has 0 unspecified atom stereocenters. The largest absolute Gasteiger partial charge is 0.490 e. The van der Waals surface area contributed by atoms with Crippen LogP contribution in [-0.2, 0) is 0 Å². The molecule has 5 nitrogen and oxygen atoms in total. The third-order valence-corrected chi connectivity index (χ3v) is 3.63. The molecule has 0 bridgehead atoms. The number of hydrogen-bond acceptors (Lipinski definition) is 3. The molecule has 1 fully saturated rings. The number of aliphatic hydroxyl groups excluding tert-OH is 1. The summed E-state index contributed by atoms with van der Waals surface area (Å²) in [7, 11) is 0. The van der Waals surface area contributed by atoms with Crippen LogP contribution in [-0.4, -0.2) is 30.4 Å². The van der Waals surface area contributed by atoms with Crippen LogP contribution >= 0.6 is 0 Å². The van der Waals surface area contributed by atoms with Crippen molar-refractivity contribution in [3.05, 3.63) is 29.6 Å². The van der Waals surface area contributed by atoms with Crippen molar-refractivity contribution in [1.82, 2.24) is 10.6 Å². The number of carbonyl (C=O) groups excluding carboxylic acids is 1. The van der Waals surface area contributed by atoms with Crippen LogP contribution in [0, 0.1) is 11.7 Å². The van der Waals surface area contributed by atoms with Crippen LogP contribution in [0.3, 0.4) is 0 Å². The molecule has 1 saturated carbocycles. The quantitative estimate of drug-likeness (QED) is 0.724. The number of nitrogens with one attached hydrogen (secondary N) is 2. The lowest BCUT2D eigenvalue weighted by molar-refractivity contribution is 0.218. The Morgan fingerprint density at radius 3 is 2.73 bits per heavy atom. The zero-order chi connectivity index (χ0) is 16.1. The summed E-state index contributed by atoms with van der Waals surface area (Å²) in [6, 6.07) is 3.64. The van der Waals surface area contributed by atoms with Crippen molar-refractivity contribution in [3.8, 4) is 5.75 Å². The first kappa shape index (κ1) is 16.5. The lowest BCUT2D eigenvalue weighted by Crippen LogP contribution is -2.43. The van der Waals surface area contributed by atoms with Crippen molar-refractivity contribution in [2.45, 2.75) is 38.8 Å². The molecule has 1 aliphatic carbocycles. The number of rotatable bonds is 7. The van der Waals surface area contributed by atoms with Crippen LogP contribution in [0.15, 0.2) is 18.2 Å². The molecule has 0 heterocycles. The van der Waals surface area contributed by atoms with Crippen molar-refractivity contribution in [2.75, 3.05) is 13.2 Å². The Bertz CT molecular complexity index is 520. The van der Waals surface area contributed by atoms with E-state index in [-0.39, 0.29) is 24.4 Å². The predicted molar refractivity (Wildman–Crippen MR) is 81.2 cm³/mol. The summed E-state index contributed by atoms with van der Waals surface area (Å²) >= 11 is 0. The number of amides is 2. The number of ether oxygens (including phenoxy) is 1. The highest BCUT2D eigenvalue weighted by Crippen LogP contribution is 2.30. The standard InChI is InChI=1S/C16H23FN2O3/c1-10(8-20)18-16(21)19-11(2)13-5-6-15(14(17)7-13)22-9-12-3-4-12/h5-7,10-12,20H,3-4,8-9H2,1-2H3,(H2,18,19,21)/t10-,11+/m1/s1. The van der Waals surface area contributed by atoms with Gasteiger partial charge in [-0.15, -0.1) is 0 Å². The fourth-order valence-electron chi connectivity index (χ4n) is 1.99. The molecule has 122 valence electrons. The van der Waals surface area contributed by atoms with Crippen LogP contribution < -0.4 is 15.4 Å². The lowest BCUT2D eigenvalue weighted by atomic mass is 10.1. The van der Waals surface area contributed by atoms with Crippen molar-refractivity contribution in [3.63, 3.8) is 0 Å².